The average molecular weight is 317 g/mol. The van der Waals surface area contributed by atoms with E-state index < -0.39 is 0 Å². The molecular weight excluding hydrogens is 290 g/mol. The molecule has 1 aliphatic carbocycles. The molecule has 126 valence electrons. The number of hydrogen-bond acceptors (Lipinski definition) is 2. The topological polar surface area (TPSA) is 70.2 Å². The molecule has 1 aliphatic rings. The third-order valence-electron chi connectivity index (χ3n) is 4.43. The molecule has 0 atom stereocenters. The van der Waals surface area contributed by atoms with E-state index >= 15 is 0 Å². The van der Waals surface area contributed by atoms with Gasteiger partial charge in [0, 0.05) is 13.1 Å². The van der Waals surface area contributed by atoms with Crippen molar-refractivity contribution in [1.82, 2.24) is 16.0 Å². The Balaban J connectivity index is 1.56. The first-order chi connectivity index (χ1) is 11.1. The first kappa shape index (κ1) is 17.3. The lowest BCUT2D eigenvalue weighted by Crippen LogP contribution is -2.43. The van der Waals surface area contributed by atoms with Crippen LogP contribution in [-0.4, -0.2) is 25.0 Å². The summed E-state index contributed by atoms with van der Waals surface area (Å²) in [7, 11) is 0. The standard InChI is InChI=1S/C18H27N3O2/c1-14-7-9-16(10-8-14)12-20-18(23)21-13-17(22)19-11-15-5-3-2-4-6-15/h2-6,14,16H,7-13H2,1H3,(H,19,22)(H2,20,21,23). The molecule has 0 aromatic heterocycles. The van der Waals surface area contributed by atoms with E-state index in [1.807, 2.05) is 30.3 Å². The second-order valence-electron chi connectivity index (χ2n) is 6.45. The average Bonchev–Trinajstić information content (AvgIpc) is 2.58. The van der Waals surface area contributed by atoms with Gasteiger partial charge in [-0.05, 0) is 30.2 Å². The summed E-state index contributed by atoms with van der Waals surface area (Å²) in [6.45, 7) is 3.46. The van der Waals surface area contributed by atoms with Crippen LogP contribution in [-0.2, 0) is 11.3 Å². The van der Waals surface area contributed by atoms with E-state index in [2.05, 4.69) is 22.9 Å². The van der Waals surface area contributed by atoms with Gasteiger partial charge >= 0.3 is 6.03 Å². The summed E-state index contributed by atoms with van der Waals surface area (Å²) in [5, 5.41) is 8.25. The highest BCUT2D eigenvalue weighted by molar-refractivity contribution is 5.83. The Bertz CT molecular complexity index is 496. The van der Waals surface area contributed by atoms with Gasteiger partial charge in [0.15, 0.2) is 0 Å². The summed E-state index contributed by atoms with van der Waals surface area (Å²) in [5.74, 6) is 1.20. The van der Waals surface area contributed by atoms with Crippen molar-refractivity contribution in [2.24, 2.45) is 11.8 Å². The fourth-order valence-electron chi connectivity index (χ4n) is 2.85. The highest BCUT2D eigenvalue weighted by Crippen LogP contribution is 2.27. The Hall–Kier alpha value is -2.04. The van der Waals surface area contributed by atoms with Crippen LogP contribution in [0.25, 0.3) is 0 Å². The Morgan fingerprint density at radius 1 is 1.00 bits per heavy atom. The van der Waals surface area contributed by atoms with Crippen molar-refractivity contribution in [3.05, 3.63) is 35.9 Å². The van der Waals surface area contributed by atoms with Crippen LogP contribution in [0, 0.1) is 11.8 Å². The van der Waals surface area contributed by atoms with Gasteiger partial charge in [-0.2, -0.15) is 0 Å². The van der Waals surface area contributed by atoms with Gasteiger partial charge in [0.05, 0.1) is 6.54 Å². The van der Waals surface area contributed by atoms with Crippen LogP contribution < -0.4 is 16.0 Å². The molecule has 1 aromatic carbocycles. The quantitative estimate of drug-likeness (QED) is 0.754. The van der Waals surface area contributed by atoms with Crippen LogP contribution in [0.4, 0.5) is 4.79 Å². The van der Waals surface area contributed by atoms with Gasteiger partial charge in [-0.25, -0.2) is 4.79 Å². The summed E-state index contributed by atoms with van der Waals surface area (Å²) in [4.78, 5) is 23.4. The highest BCUT2D eigenvalue weighted by Gasteiger charge is 2.18. The van der Waals surface area contributed by atoms with E-state index in [9.17, 15) is 9.59 Å². The van der Waals surface area contributed by atoms with Crippen molar-refractivity contribution in [3.8, 4) is 0 Å². The largest absolute Gasteiger partial charge is 0.350 e. The highest BCUT2D eigenvalue weighted by atomic mass is 16.2. The molecule has 0 spiro atoms. The summed E-state index contributed by atoms with van der Waals surface area (Å²) in [6, 6.07) is 9.43. The molecule has 0 unspecified atom stereocenters. The van der Waals surface area contributed by atoms with Crippen molar-refractivity contribution in [2.45, 2.75) is 39.2 Å². The molecule has 1 saturated carbocycles. The molecule has 3 N–H and O–H groups in total. The maximum atomic E-state index is 11.7. The number of nitrogens with one attached hydrogen (secondary N) is 3. The minimum absolute atomic E-state index is 0.000365. The van der Waals surface area contributed by atoms with Crippen molar-refractivity contribution in [2.75, 3.05) is 13.1 Å². The van der Waals surface area contributed by atoms with E-state index in [0.29, 0.717) is 19.0 Å². The Kier molecular flexibility index (Phi) is 6.91. The SMILES string of the molecule is CC1CCC(CNC(=O)NCC(=O)NCc2ccccc2)CC1. The molecule has 1 fully saturated rings. The van der Waals surface area contributed by atoms with E-state index in [0.717, 1.165) is 11.5 Å². The van der Waals surface area contributed by atoms with Crippen LogP contribution in [0.2, 0.25) is 0 Å². The Morgan fingerprint density at radius 3 is 2.39 bits per heavy atom. The van der Waals surface area contributed by atoms with E-state index in [-0.39, 0.29) is 18.5 Å². The molecule has 1 aromatic rings. The van der Waals surface area contributed by atoms with Gasteiger partial charge in [-0.1, -0.05) is 50.1 Å². The molecule has 0 aliphatic heterocycles. The predicted molar refractivity (Wildman–Crippen MR) is 90.8 cm³/mol. The fraction of sp³-hybridized carbons (Fsp3) is 0.556. The number of carbonyl (C=O) groups is 2. The van der Waals surface area contributed by atoms with Crippen molar-refractivity contribution in [3.63, 3.8) is 0 Å². The number of hydrogen-bond donors (Lipinski definition) is 3. The molecule has 2 rings (SSSR count). The zero-order valence-electron chi connectivity index (χ0n) is 13.8. The third kappa shape index (κ3) is 6.72. The van der Waals surface area contributed by atoms with E-state index in [4.69, 9.17) is 0 Å². The zero-order chi connectivity index (χ0) is 16.5. The number of carbonyl (C=O) groups excluding carboxylic acids is 2. The van der Waals surface area contributed by atoms with E-state index in [1.54, 1.807) is 0 Å². The molecule has 0 saturated heterocycles. The molecule has 0 heterocycles. The number of urea groups is 1. The molecule has 0 radical (unpaired) electrons. The number of rotatable bonds is 6. The monoisotopic (exact) mass is 317 g/mol. The van der Waals surface area contributed by atoms with Gasteiger partial charge in [-0.3, -0.25) is 4.79 Å². The van der Waals surface area contributed by atoms with Crippen molar-refractivity contribution in [1.29, 1.82) is 0 Å². The smallest absolute Gasteiger partial charge is 0.315 e. The summed E-state index contributed by atoms with van der Waals surface area (Å²) in [6.07, 6.45) is 4.85. The lowest BCUT2D eigenvalue weighted by atomic mass is 9.83. The van der Waals surface area contributed by atoms with Crippen LogP contribution in [0.1, 0.15) is 38.2 Å². The molecule has 3 amide bonds. The number of benzene rings is 1. The van der Waals surface area contributed by atoms with Crippen LogP contribution in [0.3, 0.4) is 0 Å². The first-order valence-corrected chi connectivity index (χ1v) is 8.46. The first-order valence-electron chi connectivity index (χ1n) is 8.46. The van der Waals surface area contributed by atoms with Crippen LogP contribution >= 0.6 is 0 Å². The molecule has 23 heavy (non-hydrogen) atoms. The van der Waals surface area contributed by atoms with Gasteiger partial charge in [0.1, 0.15) is 0 Å². The normalized spacial score (nSPS) is 20.6. The Morgan fingerprint density at radius 2 is 1.70 bits per heavy atom. The van der Waals surface area contributed by atoms with Crippen molar-refractivity contribution >= 4 is 11.9 Å². The van der Waals surface area contributed by atoms with Gasteiger partial charge < -0.3 is 16.0 Å². The summed E-state index contributed by atoms with van der Waals surface area (Å²) < 4.78 is 0. The Labute approximate surface area is 138 Å². The van der Waals surface area contributed by atoms with Gasteiger partial charge in [0.25, 0.3) is 0 Å². The van der Waals surface area contributed by atoms with Crippen molar-refractivity contribution < 1.29 is 9.59 Å². The lowest BCUT2D eigenvalue weighted by molar-refractivity contribution is -0.120. The fourth-order valence-corrected chi connectivity index (χ4v) is 2.85. The molecule has 5 heteroatoms. The number of amides is 3. The van der Waals surface area contributed by atoms with Gasteiger partial charge in [0.2, 0.25) is 5.91 Å². The maximum Gasteiger partial charge on any atom is 0.315 e. The second kappa shape index (κ2) is 9.18. The lowest BCUT2D eigenvalue weighted by Gasteiger charge is -2.26. The summed E-state index contributed by atoms with van der Waals surface area (Å²) >= 11 is 0. The van der Waals surface area contributed by atoms with E-state index in [1.165, 1.54) is 25.7 Å². The van der Waals surface area contributed by atoms with Crippen LogP contribution in [0.5, 0.6) is 0 Å². The predicted octanol–water partition coefficient (Wildman–Crippen LogP) is 2.43. The van der Waals surface area contributed by atoms with Gasteiger partial charge in [-0.15, -0.1) is 0 Å². The maximum absolute atomic E-state index is 11.7. The third-order valence-corrected chi connectivity index (χ3v) is 4.43. The minimum atomic E-state index is -0.265. The summed E-state index contributed by atoms with van der Waals surface area (Å²) in [5.41, 5.74) is 1.04. The second-order valence-corrected chi connectivity index (χ2v) is 6.45. The molecular formula is C18H27N3O2. The molecule has 0 bridgehead atoms. The molecule has 5 nitrogen and oxygen atoms in total. The zero-order valence-corrected chi connectivity index (χ0v) is 13.8. The minimum Gasteiger partial charge on any atom is -0.350 e. The van der Waals surface area contributed by atoms with Crippen LogP contribution in [0.15, 0.2) is 30.3 Å².